The molecule has 6 nitrogen and oxygen atoms in total. The molecule has 0 aromatic heterocycles. The molecule has 0 aromatic carbocycles. The van der Waals surface area contributed by atoms with Gasteiger partial charge in [-0.05, 0) is 13.3 Å². The zero-order valence-electron chi connectivity index (χ0n) is 11.4. The highest BCUT2D eigenvalue weighted by molar-refractivity contribution is 6.12. The molecular formula is C13H21N3O3. The summed E-state index contributed by atoms with van der Waals surface area (Å²) < 4.78 is 0. The predicted molar refractivity (Wildman–Crippen MR) is 74.5 cm³/mol. The third-order valence-corrected chi connectivity index (χ3v) is 2.11. The van der Waals surface area contributed by atoms with Gasteiger partial charge < -0.3 is 15.7 Å². The maximum absolute atomic E-state index is 12.2. The molecule has 0 aliphatic carbocycles. The second-order valence-corrected chi connectivity index (χ2v) is 4.03. The van der Waals surface area contributed by atoms with Gasteiger partial charge in [0, 0.05) is 19.0 Å². The van der Waals surface area contributed by atoms with Crippen LogP contribution in [0.5, 0.6) is 0 Å². The van der Waals surface area contributed by atoms with Crippen LogP contribution in [0.2, 0.25) is 0 Å². The van der Waals surface area contributed by atoms with Crippen LogP contribution in [-0.2, 0) is 9.59 Å². The number of primary amides is 1. The number of hydrogen-bond acceptors (Lipinski definition) is 4. The molecule has 19 heavy (non-hydrogen) atoms. The molecule has 0 bridgehead atoms. The van der Waals surface area contributed by atoms with Gasteiger partial charge in [0.1, 0.15) is 0 Å². The minimum Gasteiger partial charge on any atom is -0.392 e. The van der Waals surface area contributed by atoms with Gasteiger partial charge in [-0.3, -0.25) is 14.6 Å². The summed E-state index contributed by atoms with van der Waals surface area (Å²) in [5.74, 6) is -1.03. The van der Waals surface area contributed by atoms with E-state index in [0.29, 0.717) is 12.0 Å². The number of aliphatic hydroxyl groups is 1. The second kappa shape index (κ2) is 9.04. The molecule has 0 spiro atoms. The van der Waals surface area contributed by atoms with Crippen LogP contribution in [0.3, 0.4) is 0 Å². The van der Waals surface area contributed by atoms with Crippen LogP contribution >= 0.6 is 0 Å². The van der Waals surface area contributed by atoms with Crippen LogP contribution in [0.15, 0.2) is 29.4 Å². The first-order valence-electron chi connectivity index (χ1n) is 6.02. The number of rotatable bonds is 8. The van der Waals surface area contributed by atoms with Crippen LogP contribution in [-0.4, -0.2) is 47.2 Å². The van der Waals surface area contributed by atoms with E-state index in [1.165, 1.54) is 24.2 Å². The van der Waals surface area contributed by atoms with Gasteiger partial charge in [-0.2, -0.15) is 0 Å². The molecule has 0 rings (SSSR count). The summed E-state index contributed by atoms with van der Waals surface area (Å²) in [5.41, 5.74) is 5.43. The van der Waals surface area contributed by atoms with Crippen LogP contribution in [0.1, 0.15) is 20.3 Å². The lowest BCUT2D eigenvalue weighted by atomic mass is 10.2. The summed E-state index contributed by atoms with van der Waals surface area (Å²) in [6.07, 6.45) is 4.26. The maximum Gasteiger partial charge on any atom is 0.255 e. The van der Waals surface area contributed by atoms with E-state index in [0.717, 1.165) is 0 Å². The highest BCUT2D eigenvalue weighted by Crippen LogP contribution is 2.03. The molecule has 0 saturated heterocycles. The summed E-state index contributed by atoms with van der Waals surface area (Å²) in [4.78, 5) is 28.2. The molecule has 106 valence electrons. The monoisotopic (exact) mass is 267 g/mol. The Labute approximate surface area is 113 Å². The van der Waals surface area contributed by atoms with Crippen LogP contribution in [0, 0.1) is 0 Å². The Kier molecular flexibility index (Phi) is 8.12. The Balaban J connectivity index is 5.10. The van der Waals surface area contributed by atoms with E-state index in [1.54, 1.807) is 6.08 Å². The molecule has 0 fully saturated rings. The van der Waals surface area contributed by atoms with Crippen molar-refractivity contribution in [3.8, 4) is 0 Å². The average molecular weight is 267 g/mol. The third kappa shape index (κ3) is 7.15. The minimum absolute atomic E-state index is 0.0325. The van der Waals surface area contributed by atoms with Crippen molar-refractivity contribution in [1.82, 2.24) is 4.90 Å². The molecule has 0 heterocycles. The maximum atomic E-state index is 12.2. The predicted octanol–water partition coefficient (Wildman–Crippen LogP) is 0.232. The summed E-state index contributed by atoms with van der Waals surface area (Å²) >= 11 is 0. The lowest BCUT2D eigenvalue weighted by Gasteiger charge is -2.22. The van der Waals surface area contributed by atoms with Gasteiger partial charge in [0.25, 0.3) is 5.91 Å². The zero-order valence-corrected chi connectivity index (χ0v) is 11.4. The van der Waals surface area contributed by atoms with Gasteiger partial charge in [0.15, 0.2) is 0 Å². The molecule has 1 unspecified atom stereocenters. The number of aliphatic hydroxyl groups excluding tert-OH is 1. The van der Waals surface area contributed by atoms with E-state index in [1.807, 2.05) is 6.92 Å². The lowest BCUT2D eigenvalue weighted by molar-refractivity contribution is -0.132. The Hall–Kier alpha value is -1.95. The van der Waals surface area contributed by atoms with Gasteiger partial charge in [-0.15, -0.1) is 0 Å². The molecule has 0 radical (unpaired) electrons. The molecule has 3 N–H and O–H groups in total. The number of amides is 2. The molecule has 0 aliphatic heterocycles. The van der Waals surface area contributed by atoms with Gasteiger partial charge in [0.2, 0.25) is 5.91 Å². The summed E-state index contributed by atoms with van der Waals surface area (Å²) in [5, 5.41) is 9.36. The van der Waals surface area contributed by atoms with Crippen molar-refractivity contribution in [2.45, 2.75) is 26.4 Å². The SMILES string of the molecule is C=CN=C/C(=C\CC)C(=O)N(CC(N)=O)CC(C)O. The molecule has 0 aliphatic rings. The summed E-state index contributed by atoms with van der Waals surface area (Å²) in [6.45, 7) is 6.63. The minimum atomic E-state index is -0.748. The van der Waals surface area contributed by atoms with Crippen molar-refractivity contribution < 1.29 is 14.7 Å². The van der Waals surface area contributed by atoms with E-state index in [4.69, 9.17) is 5.73 Å². The lowest BCUT2D eigenvalue weighted by Crippen LogP contribution is -2.43. The smallest absolute Gasteiger partial charge is 0.255 e. The normalized spacial score (nSPS) is 13.3. The van der Waals surface area contributed by atoms with Crippen molar-refractivity contribution in [3.63, 3.8) is 0 Å². The largest absolute Gasteiger partial charge is 0.392 e. The standard InChI is InChI=1S/C13H21N3O3/c1-4-6-11(7-15-5-2)13(19)16(8-10(3)17)9-12(14)18/h5-7,10,17H,2,4,8-9H2,1,3H3,(H2,14,18)/b11-6+,15-7?. The highest BCUT2D eigenvalue weighted by atomic mass is 16.3. The average Bonchev–Trinajstić information content (AvgIpc) is 2.31. The summed E-state index contributed by atoms with van der Waals surface area (Å²) in [7, 11) is 0. The second-order valence-electron chi connectivity index (χ2n) is 4.03. The number of nitrogens with zero attached hydrogens (tertiary/aromatic N) is 2. The Morgan fingerprint density at radius 2 is 2.16 bits per heavy atom. The van der Waals surface area contributed by atoms with Gasteiger partial charge in [0.05, 0.1) is 18.2 Å². The fraction of sp³-hybridized carbons (Fsp3) is 0.462. The number of carbonyl (C=O) groups excluding carboxylic acids is 2. The zero-order chi connectivity index (χ0) is 14.8. The first kappa shape index (κ1) is 17.1. The summed E-state index contributed by atoms with van der Waals surface area (Å²) in [6, 6.07) is 0. The van der Waals surface area contributed by atoms with E-state index in [-0.39, 0.29) is 13.1 Å². The van der Waals surface area contributed by atoms with E-state index in [9.17, 15) is 14.7 Å². The Bertz CT molecular complexity index is 387. The topological polar surface area (TPSA) is 96.0 Å². The molecule has 2 amide bonds. The first-order valence-corrected chi connectivity index (χ1v) is 6.02. The number of allylic oxidation sites excluding steroid dienone is 1. The molecule has 0 saturated carbocycles. The van der Waals surface area contributed by atoms with Crippen molar-refractivity contribution >= 4 is 18.0 Å². The molecular weight excluding hydrogens is 246 g/mol. The third-order valence-electron chi connectivity index (χ3n) is 2.11. The molecule has 0 aromatic rings. The van der Waals surface area contributed by atoms with Crippen molar-refractivity contribution in [1.29, 1.82) is 0 Å². The van der Waals surface area contributed by atoms with Crippen molar-refractivity contribution in [2.24, 2.45) is 10.7 Å². The number of aliphatic imine (C=N–C) groups is 1. The highest BCUT2D eigenvalue weighted by Gasteiger charge is 2.20. The Morgan fingerprint density at radius 3 is 2.58 bits per heavy atom. The first-order chi connectivity index (χ1) is 8.92. The van der Waals surface area contributed by atoms with Gasteiger partial charge in [-0.1, -0.05) is 19.6 Å². The van der Waals surface area contributed by atoms with Crippen LogP contribution < -0.4 is 5.73 Å². The number of hydrogen-bond donors (Lipinski definition) is 2. The number of nitrogens with two attached hydrogens (primary N) is 1. The van der Waals surface area contributed by atoms with Gasteiger partial charge >= 0.3 is 0 Å². The Morgan fingerprint density at radius 1 is 1.53 bits per heavy atom. The van der Waals surface area contributed by atoms with Gasteiger partial charge in [-0.25, -0.2) is 0 Å². The van der Waals surface area contributed by atoms with Crippen molar-refractivity contribution in [2.75, 3.05) is 13.1 Å². The van der Waals surface area contributed by atoms with E-state index < -0.39 is 17.9 Å². The quantitative estimate of drug-likeness (QED) is 0.487. The van der Waals surface area contributed by atoms with Crippen LogP contribution in [0.4, 0.5) is 0 Å². The van der Waals surface area contributed by atoms with Crippen LogP contribution in [0.25, 0.3) is 0 Å². The molecule has 6 heteroatoms. The number of carbonyl (C=O) groups is 2. The molecule has 1 atom stereocenters. The fourth-order valence-corrected chi connectivity index (χ4v) is 1.46. The van der Waals surface area contributed by atoms with Crippen molar-refractivity contribution in [3.05, 3.63) is 24.4 Å². The van der Waals surface area contributed by atoms with E-state index >= 15 is 0 Å². The van der Waals surface area contributed by atoms with E-state index in [2.05, 4.69) is 11.6 Å². The fourth-order valence-electron chi connectivity index (χ4n) is 1.46.